The van der Waals surface area contributed by atoms with Crippen molar-refractivity contribution in [3.05, 3.63) is 77.7 Å². The summed E-state index contributed by atoms with van der Waals surface area (Å²) in [7, 11) is 0. The van der Waals surface area contributed by atoms with Gasteiger partial charge in [0.25, 0.3) is 0 Å². The summed E-state index contributed by atoms with van der Waals surface area (Å²) in [6.07, 6.45) is 6.25. The minimum Gasteiger partial charge on any atom is -0.488 e. The molecule has 1 aliphatic rings. The Morgan fingerprint density at radius 1 is 1.10 bits per heavy atom. The quantitative estimate of drug-likeness (QED) is 0.459. The number of aromatic amines is 1. The van der Waals surface area contributed by atoms with Crippen molar-refractivity contribution in [2.45, 2.75) is 38.8 Å². The molecule has 6 nitrogen and oxygen atoms in total. The summed E-state index contributed by atoms with van der Waals surface area (Å²) in [5.74, 6) is 1.50. The highest BCUT2D eigenvalue weighted by Gasteiger charge is 2.26. The lowest BCUT2D eigenvalue weighted by molar-refractivity contribution is 0.309. The molecule has 4 aromatic rings. The zero-order valence-corrected chi connectivity index (χ0v) is 18.0. The van der Waals surface area contributed by atoms with E-state index >= 15 is 0 Å². The fourth-order valence-electron chi connectivity index (χ4n) is 4.57. The Morgan fingerprint density at radius 3 is 2.84 bits per heavy atom. The van der Waals surface area contributed by atoms with Gasteiger partial charge in [-0.3, -0.25) is 0 Å². The van der Waals surface area contributed by atoms with Gasteiger partial charge in [-0.15, -0.1) is 0 Å². The van der Waals surface area contributed by atoms with Gasteiger partial charge in [0.15, 0.2) is 0 Å². The lowest BCUT2D eigenvalue weighted by atomic mass is 9.97. The number of aryl methyl sites for hydroxylation is 2. The van der Waals surface area contributed by atoms with Crippen LogP contribution in [-0.4, -0.2) is 44.5 Å². The van der Waals surface area contributed by atoms with E-state index in [9.17, 15) is 0 Å². The Morgan fingerprint density at radius 2 is 2.00 bits per heavy atom. The number of ether oxygens (including phenoxy) is 1. The van der Waals surface area contributed by atoms with E-state index in [1.165, 1.54) is 22.9 Å². The number of H-pyrrole nitrogens is 1. The largest absolute Gasteiger partial charge is 0.488 e. The van der Waals surface area contributed by atoms with Gasteiger partial charge in [0.1, 0.15) is 12.4 Å². The van der Waals surface area contributed by atoms with Crippen LogP contribution in [0.15, 0.2) is 60.9 Å². The van der Waals surface area contributed by atoms with E-state index in [0.717, 1.165) is 49.6 Å². The molecule has 2 aromatic carbocycles. The van der Waals surface area contributed by atoms with Gasteiger partial charge in [-0.25, -0.2) is 0 Å². The van der Waals surface area contributed by atoms with Crippen LogP contribution in [0.4, 0.5) is 0 Å². The predicted molar refractivity (Wildman–Crippen MR) is 122 cm³/mol. The third-order valence-corrected chi connectivity index (χ3v) is 6.13. The molecule has 2 aromatic heterocycles. The van der Waals surface area contributed by atoms with Crippen molar-refractivity contribution in [3.63, 3.8) is 0 Å². The number of nitrogens with one attached hydrogen (secondary N) is 1. The molecule has 0 aliphatic carbocycles. The van der Waals surface area contributed by atoms with Crippen LogP contribution < -0.4 is 4.74 Å². The van der Waals surface area contributed by atoms with Crippen molar-refractivity contribution in [2.24, 2.45) is 0 Å². The number of rotatable bonds is 8. The lowest BCUT2D eigenvalue weighted by Crippen LogP contribution is -2.23. The summed E-state index contributed by atoms with van der Waals surface area (Å²) in [6.45, 7) is 6.74. The molecule has 1 N–H and O–H groups in total. The van der Waals surface area contributed by atoms with Gasteiger partial charge in [0.05, 0.1) is 18.4 Å². The van der Waals surface area contributed by atoms with Crippen molar-refractivity contribution < 1.29 is 4.74 Å². The highest BCUT2D eigenvalue weighted by Crippen LogP contribution is 2.37. The molecular formula is C25H29N5O. The zero-order chi connectivity index (χ0) is 21.0. The van der Waals surface area contributed by atoms with Gasteiger partial charge in [-0.2, -0.15) is 15.0 Å². The number of nitrogens with zero attached hydrogens (tertiary/aromatic N) is 4. The van der Waals surface area contributed by atoms with E-state index in [0.29, 0.717) is 12.5 Å². The lowest BCUT2D eigenvalue weighted by Gasteiger charge is -2.16. The first kappa shape index (κ1) is 19.8. The standard InChI is InChI=1S/C25H29N5O/c1-19-15-27-30(28-19)13-6-12-29-14-11-21(17-29)22-16-26-23-9-5-10-24(25(22)23)31-18-20-7-3-2-4-8-20/h2-5,7-10,15-16,21,26H,6,11-14,17-18H2,1H3. The van der Waals surface area contributed by atoms with Crippen LogP contribution in [0.3, 0.4) is 0 Å². The highest BCUT2D eigenvalue weighted by molar-refractivity contribution is 5.89. The maximum atomic E-state index is 6.26. The number of likely N-dealkylation sites (tertiary alicyclic amines) is 1. The third-order valence-electron chi connectivity index (χ3n) is 6.13. The third kappa shape index (κ3) is 4.49. The Balaban J connectivity index is 1.24. The second-order valence-corrected chi connectivity index (χ2v) is 8.42. The number of hydrogen-bond donors (Lipinski definition) is 1. The van der Waals surface area contributed by atoms with Crippen molar-refractivity contribution in [1.82, 2.24) is 24.9 Å². The first-order valence-electron chi connectivity index (χ1n) is 11.1. The molecule has 1 atom stereocenters. The molecule has 160 valence electrons. The van der Waals surface area contributed by atoms with E-state index in [-0.39, 0.29) is 0 Å². The van der Waals surface area contributed by atoms with Crippen molar-refractivity contribution >= 4 is 10.9 Å². The van der Waals surface area contributed by atoms with E-state index in [1.807, 2.05) is 19.2 Å². The number of benzene rings is 2. The molecule has 0 bridgehead atoms. The molecule has 1 aliphatic heterocycles. The van der Waals surface area contributed by atoms with Crippen LogP contribution in [-0.2, 0) is 13.2 Å². The van der Waals surface area contributed by atoms with Crippen LogP contribution in [0, 0.1) is 6.92 Å². The van der Waals surface area contributed by atoms with Gasteiger partial charge in [-0.1, -0.05) is 36.4 Å². The van der Waals surface area contributed by atoms with Gasteiger partial charge >= 0.3 is 0 Å². The molecule has 5 rings (SSSR count). The average molecular weight is 416 g/mol. The summed E-state index contributed by atoms with van der Waals surface area (Å²) in [6, 6.07) is 16.6. The molecule has 6 heteroatoms. The van der Waals surface area contributed by atoms with E-state index in [1.54, 1.807) is 4.80 Å². The number of aromatic nitrogens is 4. The Bertz CT molecular complexity index is 1130. The Labute approximate surface area is 182 Å². The summed E-state index contributed by atoms with van der Waals surface area (Å²) in [4.78, 5) is 7.83. The van der Waals surface area contributed by atoms with E-state index in [4.69, 9.17) is 4.74 Å². The van der Waals surface area contributed by atoms with Crippen molar-refractivity contribution in [3.8, 4) is 5.75 Å². The van der Waals surface area contributed by atoms with Crippen LogP contribution in [0.5, 0.6) is 5.75 Å². The number of fused-ring (bicyclic) bond motifs is 1. The first-order chi connectivity index (χ1) is 15.3. The fourth-order valence-corrected chi connectivity index (χ4v) is 4.57. The minimum atomic E-state index is 0.528. The van der Waals surface area contributed by atoms with Gasteiger partial charge < -0.3 is 14.6 Å². The maximum Gasteiger partial charge on any atom is 0.129 e. The summed E-state index contributed by atoms with van der Waals surface area (Å²) in [5.41, 5.74) is 4.70. The smallest absolute Gasteiger partial charge is 0.129 e. The summed E-state index contributed by atoms with van der Waals surface area (Å²) in [5, 5.41) is 9.91. The molecule has 0 spiro atoms. The van der Waals surface area contributed by atoms with Crippen molar-refractivity contribution in [1.29, 1.82) is 0 Å². The van der Waals surface area contributed by atoms with Crippen LogP contribution in [0.25, 0.3) is 10.9 Å². The molecule has 3 heterocycles. The van der Waals surface area contributed by atoms with Crippen LogP contribution in [0.1, 0.15) is 35.6 Å². The second-order valence-electron chi connectivity index (χ2n) is 8.42. The fraction of sp³-hybridized carbons (Fsp3) is 0.360. The van der Waals surface area contributed by atoms with Gasteiger partial charge in [0, 0.05) is 29.6 Å². The van der Waals surface area contributed by atoms with E-state index < -0.39 is 0 Å². The normalized spacial score (nSPS) is 16.9. The summed E-state index contributed by atoms with van der Waals surface area (Å²) >= 11 is 0. The maximum absolute atomic E-state index is 6.26. The Kier molecular flexibility index (Phi) is 5.71. The molecule has 0 amide bonds. The van der Waals surface area contributed by atoms with Crippen LogP contribution >= 0.6 is 0 Å². The van der Waals surface area contributed by atoms with Gasteiger partial charge in [-0.05, 0) is 56.1 Å². The SMILES string of the molecule is Cc1cnn(CCCN2CCC(c3c[nH]c4cccc(OCc5ccccc5)c34)C2)n1. The second kappa shape index (κ2) is 8.94. The molecule has 0 saturated carbocycles. The van der Waals surface area contributed by atoms with Gasteiger partial charge in [0.2, 0.25) is 0 Å². The molecule has 31 heavy (non-hydrogen) atoms. The molecule has 1 unspecified atom stereocenters. The first-order valence-corrected chi connectivity index (χ1v) is 11.1. The molecule has 1 fully saturated rings. The van der Waals surface area contributed by atoms with E-state index in [2.05, 4.69) is 68.7 Å². The van der Waals surface area contributed by atoms with Crippen LogP contribution in [0.2, 0.25) is 0 Å². The highest BCUT2D eigenvalue weighted by atomic mass is 16.5. The average Bonchev–Trinajstić information content (AvgIpc) is 3.53. The molecule has 1 saturated heterocycles. The zero-order valence-electron chi connectivity index (χ0n) is 18.0. The minimum absolute atomic E-state index is 0.528. The predicted octanol–water partition coefficient (Wildman–Crippen LogP) is 4.53. The van der Waals surface area contributed by atoms with Crippen molar-refractivity contribution in [2.75, 3.05) is 19.6 Å². The topological polar surface area (TPSA) is 59.0 Å². The molecule has 0 radical (unpaired) electrons. The molecular weight excluding hydrogens is 386 g/mol. The Hall–Kier alpha value is -3.12. The monoisotopic (exact) mass is 415 g/mol. The number of hydrogen-bond acceptors (Lipinski definition) is 4. The summed E-state index contributed by atoms with van der Waals surface area (Å²) < 4.78 is 6.26.